The summed E-state index contributed by atoms with van der Waals surface area (Å²) in [5.41, 5.74) is 0.996. The van der Waals surface area contributed by atoms with Gasteiger partial charge in [0.2, 0.25) is 0 Å². The van der Waals surface area contributed by atoms with Gasteiger partial charge in [-0.1, -0.05) is 25.2 Å². The van der Waals surface area contributed by atoms with Crippen LogP contribution in [0, 0.1) is 0 Å². The molecular formula is C11H21O3P. The maximum absolute atomic E-state index is 12.4. The second-order valence-corrected chi connectivity index (χ2v) is 5.05. The van der Waals surface area contributed by atoms with Gasteiger partial charge in [-0.15, -0.1) is 0 Å². The first-order valence-corrected chi connectivity index (χ1v) is 6.81. The Kier molecular flexibility index (Phi) is 6.82. The molecule has 0 atom stereocenters. The van der Waals surface area contributed by atoms with E-state index in [0.29, 0.717) is 18.5 Å². The fourth-order valence-electron chi connectivity index (χ4n) is 1.22. The van der Waals surface area contributed by atoms with Crippen LogP contribution >= 0.6 is 7.60 Å². The third-order valence-corrected chi connectivity index (χ3v) is 4.40. The maximum Gasteiger partial charge on any atom is 0.361 e. The lowest BCUT2D eigenvalue weighted by atomic mass is 10.2. The Morgan fingerprint density at radius 2 is 1.73 bits per heavy atom. The largest absolute Gasteiger partial charge is 0.361 e. The van der Waals surface area contributed by atoms with Gasteiger partial charge < -0.3 is 9.05 Å². The molecule has 3 nitrogen and oxygen atoms in total. The molecule has 0 aromatic carbocycles. The van der Waals surface area contributed by atoms with Gasteiger partial charge >= 0.3 is 7.60 Å². The molecule has 88 valence electrons. The lowest BCUT2D eigenvalue weighted by Gasteiger charge is -2.19. The molecule has 0 bridgehead atoms. The second kappa shape index (κ2) is 7.00. The average molecular weight is 232 g/mol. The molecule has 0 saturated carbocycles. The third-order valence-electron chi connectivity index (χ3n) is 2.05. The van der Waals surface area contributed by atoms with Crippen molar-refractivity contribution in [3.05, 3.63) is 23.5 Å². The van der Waals surface area contributed by atoms with Gasteiger partial charge in [0.25, 0.3) is 0 Å². The van der Waals surface area contributed by atoms with Crippen molar-refractivity contribution in [3.8, 4) is 0 Å². The summed E-state index contributed by atoms with van der Waals surface area (Å²) in [6, 6.07) is 0. The fraction of sp³-hybridized carbons (Fsp3) is 0.636. The van der Waals surface area contributed by atoms with Gasteiger partial charge in [-0.05, 0) is 27.2 Å². The summed E-state index contributed by atoms with van der Waals surface area (Å²) >= 11 is 0. The Hall–Kier alpha value is -0.370. The lowest BCUT2D eigenvalue weighted by Crippen LogP contribution is -1.99. The van der Waals surface area contributed by atoms with Gasteiger partial charge in [0.15, 0.2) is 0 Å². The van der Waals surface area contributed by atoms with Crippen molar-refractivity contribution in [1.29, 1.82) is 0 Å². The number of hydrogen-bond acceptors (Lipinski definition) is 3. The van der Waals surface area contributed by atoms with Crippen LogP contribution in [0.25, 0.3) is 0 Å². The van der Waals surface area contributed by atoms with Crippen molar-refractivity contribution >= 4 is 7.60 Å². The highest BCUT2D eigenvalue weighted by atomic mass is 31.2. The summed E-state index contributed by atoms with van der Waals surface area (Å²) in [6.07, 6.45) is 2.39. The van der Waals surface area contributed by atoms with E-state index < -0.39 is 7.60 Å². The van der Waals surface area contributed by atoms with Crippen LogP contribution in [0.4, 0.5) is 0 Å². The van der Waals surface area contributed by atoms with E-state index in [0.717, 1.165) is 12.0 Å². The van der Waals surface area contributed by atoms with Crippen molar-refractivity contribution in [2.24, 2.45) is 0 Å². The molecule has 0 aliphatic rings. The van der Waals surface area contributed by atoms with Gasteiger partial charge in [-0.25, -0.2) is 0 Å². The number of hydrogen-bond donors (Lipinski definition) is 0. The van der Waals surface area contributed by atoms with E-state index in [-0.39, 0.29) is 0 Å². The van der Waals surface area contributed by atoms with Gasteiger partial charge in [0.1, 0.15) is 0 Å². The van der Waals surface area contributed by atoms with E-state index >= 15 is 0 Å². The molecule has 0 radical (unpaired) electrons. The van der Waals surface area contributed by atoms with Crippen molar-refractivity contribution < 1.29 is 13.6 Å². The van der Waals surface area contributed by atoms with E-state index in [1.807, 2.05) is 13.8 Å². The zero-order chi connectivity index (χ0) is 11.9. The Bertz CT molecular complexity index is 272. The second-order valence-electron chi connectivity index (χ2n) is 3.06. The molecule has 0 amide bonds. The summed E-state index contributed by atoms with van der Waals surface area (Å²) in [5.74, 6) is 0. The maximum atomic E-state index is 12.4. The van der Waals surface area contributed by atoms with Crippen molar-refractivity contribution in [2.45, 2.75) is 34.1 Å². The molecule has 0 aromatic heterocycles. The zero-order valence-electron chi connectivity index (χ0n) is 10.1. The van der Waals surface area contributed by atoms with E-state index in [9.17, 15) is 4.57 Å². The lowest BCUT2D eigenvalue weighted by molar-refractivity contribution is 0.227. The summed E-state index contributed by atoms with van der Waals surface area (Å²) in [6.45, 7) is 11.9. The van der Waals surface area contributed by atoms with Gasteiger partial charge in [0, 0.05) is 0 Å². The molecule has 0 heterocycles. The first kappa shape index (κ1) is 14.6. The van der Waals surface area contributed by atoms with E-state index in [4.69, 9.17) is 9.05 Å². The van der Waals surface area contributed by atoms with Crippen LogP contribution in [0.15, 0.2) is 23.5 Å². The zero-order valence-corrected chi connectivity index (χ0v) is 11.0. The highest BCUT2D eigenvalue weighted by Gasteiger charge is 2.28. The predicted molar refractivity (Wildman–Crippen MR) is 64.0 cm³/mol. The minimum Gasteiger partial charge on any atom is -0.306 e. The summed E-state index contributed by atoms with van der Waals surface area (Å²) < 4.78 is 22.9. The Morgan fingerprint density at radius 1 is 1.27 bits per heavy atom. The quantitative estimate of drug-likeness (QED) is 0.489. The summed E-state index contributed by atoms with van der Waals surface area (Å²) in [5, 5.41) is 0.605. The molecule has 0 aliphatic heterocycles. The van der Waals surface area contributed by atoms with Gasteiger partial charge in [-0.3, -0.25) is 4.57 Å². The highest BCUT2D eigenvalue weighted by molar-refractivity contribution is 7.58. The molecule has 15 heavy (non-hydrogen) atoms. The van der Waals surface area contributed by atoms with Crippen LogP contribution in [0.2, 0.25) is 0 Å². The highest BCUT2D eigenvalue weighted by Crippen LogP contribution is 2.57. The van der Waals surface area contributed by atoms with E-state index in [2.05, 4.69) is 6.58 Å². The average Bonchev–Trinajstić information content (AvgIpc) is 2.19. The predicted octanol–water partition coefficient (Wildman–Crippen LogP) is 4.12. The molecular weight excluding hydrogens is 211 g/mol. The van der Waals surface area contributed by atoms with Crippen LogP contribution < -0.4 is 0 Å². The summed E-state index contributed by atoms with van der Waals surface area (Å²) in [4.78, 5) is 0. The van der Waals surface area contributed by atoms with E-state index in [1.54, 1.807) is 19.9 Å². The molecule has 0 fully saturated rings. The molecule has 0 saturated heterocycles. The molecule has 0 spiro atoms. The SMILES string of the molecule is C=C/C(=C(/C)CC)P(=O)(OCC)OCC. The Morgan fingerprint density at radius 3 is 2.00 bits per heavy atom. The third kappa shape index (κ3) is 3.94. The summed E-state index contributed by atoms with van der Waals surface area (Å²) in [7, 11) is -3.14. The Labute approximate surface area is 92.7 Å². The van der Waals surface area contributed by atoms with E-state index in [1.165, 1.54) is 0 Å². The topological polar surface area (TPSA) is 35.5 Å². The van der Waals surface area contributed by atoms with Gasteiger partial charge in [-0.2, -0.15) is 0 Å². The van der Waals surface area contributed by atoms with Crippen molar-refractivity contribution in [1.82, 2.24) is 0 Å². The fourth-order valence-corrected chi connectivity index (χ4v) is 3.10. The monoisotopic (exact) mass is 232 g/mol. The van der Waals surface area contributed by atoms with Crippen LogP contribution in [0.3, 0.4) is 0 Å². The molecule has 0 N–H and O–H groups in total. The minimum absolute atomic E-state index is 0.367. The minimum atomic E-state index is -3.14. The standard InChI is InChI=1S/C11H21O3P/c1-6-10(5)11(7-2)15(12,13-8-3)14-9-4/h7H,2,6,8-9H2,1,3-5H3/b11-10+. The molecule has 4 heteroatoms. The number of allylic oxidation sites excluding steroid dienone is 3. The first-order chi connectivity index (χ1) is 7.05. The normalized spacial score (nSPS) is 13.6. The number of rotatable bonds is 7. The molecule has 0 aromatic rings. The van der Waals surface area contributed by atoms with Gasteiger partial charge in [0.05, 0.1) is 18.5 Å². The smallest absolute Gasteiger partial charge is 0.306 e. The van der Waals surface area contributed by atoms with Crippen LogP contribution in [0.5, 0.6) is 0 Å². The first-order valence-electron chi connectivity index (χ1n) is 5.27. The van der Waals surface area contributed by atoms with Crippen LogP contribution in [0.1, 0.15) is 34.1 Å². The van der Waals surface area contributed by atoms with Crippen LogP contribution in [-0.4, -0.2) is 13.2 Å². The van der Waals surface area contributed by atoms with Crippen molar-refractivity contribution in [3.63, 3.8) is 0 Å². The van der Waals surface area contributed by atoms with Crippen LogP contribution in [-0.2, 0) is 13.6 Å². The molecule has 0 aliphatic carbocycles. The molecule has 0 unspecified atom stereocenters. The Balaban J connectivity index is 5.20. The van der Waals surface area contributed by atoms with Crippen molar-refractivity contribution in [2.75, 3.05) is 13.2 Å². The molecule has 0 rings (SSSR count).